The first-order valence-corrected chi connectivity index (χ1v) is 12.5. The zero-order valence-electron chi connectivity index (χ0n) is 20.5. The number of aliphatic hydroxyl groups is 1. The van der Waals surface area contributed by atoms with Crippen LogP contribution in [0.2, 0.25) is 0 Å². The molecule has 0 saturated heterocycles. The topological polar surface area (TPSA) is 29.6 Å². The third-order valence-corrected chi connectivity index (χ3v) is 7.10. The Kier molecular flexibility index (Phi) is 8.41. The third-order valence-electron chi connectivity index (χ3n) is 7.10. The molecule has 31 heavy (non-hydrogen) atoms. The van der Waals surface area contributed by atoms with Gasteiger partial charge >= 0.3 is 0 Å². The standard InChI is InChI=1S/C28H44N2O/c1-22(2)27(31)21-29(18-23-10-7-6-8-11-23)20-26-12-9-17-30(26)19-24-13-15-25(16-14-24)28(3,4)5/h9,12-17,22-23,27,31H,6-8,10-11,18-21H2,1-5H3/p+1/t27-/m0/s1. The minimum Gasteiger partial charge on any atom is -0.387 e. The molecule has 1 heterocycles. The summed E-state index contributed by atoms with van der Waals surface area (Å²) in [7, 11) is 0. The number of benzene rings is 1. The fraction of sp³-hybridized carbons (Fsp3) is 0.643. The molecule has 0 aliphatic heterocycles. The second-order valence-corrected chi connectivity index (χ2v) is 11.2. The van der Waals surface area contributed by atoms with Crippen molar-refractivity contribution < 1.29 is 10.0 Å². The minimum atomic E-state index is -0.230. The lowest BCUT2D eigenvalue weighted by Gasteiger charge is -2.30. The van der Waals surface area contributed by atoms with E-state index in [1.165, 1.54) is 60.4 Å². The van der Waals surface area contributed by atoms with Crippen LogP contribution >= 0.6 is 0 Å². The van der Waals surface area contributed by atoms with Crippen LogP contribution in [0.4, 0.5) is 0 Å². The van der Waals surface area contributed by atoms with Crippen molar-refractivity contribution in [3.63, 3.8) is 0 Å². The fourth-order valence-corrected chi connectivity index (χ4v) is 4.89. The lowest BCUT2D eigenvalue weighted by atomic mass is 9.87. The lowest BCUT2D eigenvalue weighted by Crippen LogP contribution is -3.12. The van der Waals surface area contributed by atoms with Gasteiger partial charge in [0.2, 0.25) is 0 Å². The van der Waals surface area contributed by atoms with Gasteiger partial charge in [0.25, 0.3) is 0 Å². The van der Waals surface area contributed by atoms with Crippen LogP contribution in [0.1, 0.15) is 83.5 Å². The molecule has 1 aromatic carbocycles. The van der Waals surface area contributed by atoms with Gasteiger partial charge in [-0.05, 0) is 47.4 Å². The Morgan fingerprint density at radius 1 is 1.03 bits per heavy atom. The number of hydrogen-bond donors (Lipinski definition) is 2. The smallest absolute Gasteiger partial charge is 0.118 e. The summed E-state index contributed by atoms with van der Waals surface area (Å²) in [5, 5.41) is 10.6. The predicted molar refractivity (Wildman–Crippen MR) is 130 cm³/mol. The van der Waals surface area contributed by atoms with E-state index in [1.807, 2.05) is 0 Å². The molecule has 1 aromatic heterocycles. The van der Waals surface area contributed by atoms with Crippen LogP contribution in [0.15, 0.2) is 42.6 Å². The third kappa shape index (κ3) is 7.22. The summed E-state index contributed by atoms with van der Waals surface area (Å²) in [6, 6.07) is 13.6. The summed E-state index contributed by atoms with van der Waals surface area (Å²) in [6.07, 6.45) is 8.87. The zero-order chi connectivity index (χ0) is 22.4. The number of aliphatic hydroxyl groups excluding tert-OH is 1. The monoisotopic (exact) mass is 425 g/mol. The van der Waals surface area contributed by atoms with E-state index in [0.29, 0.717) is 5.92 Å². The van der Waals surface area contributed by atoms with Gasteiger partial charge in [-0.3, -0.25) is 0 Å². The average Bonchev–Trinajstić information content (AvgIpc) is 3.15. The van der Waals surface area contributed by atoms with Gasteiger partial charge in [0.05, 0.1) is 12.2 Å². The average molecular weight is 426 g/mol. The largest absolute Gasteiger partial charge is 0.387 e. The highest BCUT2D eigenvalue weighted by atomic mass is 16.3. The molecule has 3 nitrogen and oxygen atoms in total. The lowest BCUT2D eigenvalue weighted by molar-refractivity contribution is -0.921. The van der Waals surface area contributed by atoms with Crippen LogP contribution in [0, 0.1) is 11.8 Å². The van der Waals surface area contributed by atoms with E-state index in [4.69, 9.17) is 0 Å². The second-order valence-electron chi connectivity index (χ2n) is 11.2. The maximum absolute atomic E-state index is 10.6. The van der Waals surface area contributed by atoms with Gasteiger partial charge in [0.15, 0.2) is 0 Å². The number of rotatable bonds is 9. The summed E-state index contributed by atoms with van der Waals surface area (Å²) >= 11 is 0. The molecule has 1 aliphatic rings. The van der Waals surface area contributed by atoms with Gasteiger partial charge in [-0.15, -0.1) is 0 Å². The zero-order valence-corrected chi connectivity index (χ0v) is 20.5. The molecular formula is C28H45N2O+. The number of nitrogens with one attached hydrogen (secondary N) is 1. The van der Waals surface area contributed by atoms with E-state index in [0.717, 1.165) is 25.6 Å². The van der Waals surface area contributed by atoms with Crippen LogP contribution in [0.3, 0.4) is 0 Å². The first-order valence-electron chi connectivity index (χ1n) is 12.5. The van der Waals surface area contributed by atoms with Gasteiger partial charge in [-0.2, -0.15) is 0 Å². The van der Waals surface area contributed by atoms with E-state index in [-0.39, 0.29) is 11.5 Å². The molecule has 1 aliphatic carbocycles. The molecule has 2 N–H and O–H groups in total. The molecule has 172 valence electrons. The number of hydrogen-bond acceptors (Lipinski definition) is 1. The van der Waals surface area contributed by atoms with Crippen molar-refractivity contribution in [2.24, 2.45) is 11.8 Å². The van der Waals surface area contributed by atoms with Crippen LogP contribution in [0.5, 0.6) is 0 Å². The van der Waals surface area contributed by atoms with Crippen molar-refractivity contribution in [3.05, 3.63) is 59.4 Å². The summed E-state index contributed by atoms with van der Waals surface area (Å²) in [6.45, 7) is 15.0. The Bertz CT molecular complexity index is 778. The Labute approximate surface area is 190 Å². The SMILES string of the molecule is CC(C)[C@@H](O)C[NH+](Cc1cccn1Cc1ccc(C(C)(C)C)cc1)CC1CCCCC1. The van der Waals surface area contributed by atoms with Crippen molar-refractivity contribution in [1.29, 1.82) is 0 Å². The quantitative estimate of drug-likeness (QED) is 0.593. The normalized spacial score (nSPS) is 17.8. The Morgan fingerprint density at radius 2 is 1.71 bits per heavy atom. The molecule has 3 heteroatoms. The van der Waals surface area contributed by atoms with Crippen molar-refractivity contribution in [2.75, 3.05) is 13.1 Å². The van der Waals surface area contributed by atoms with E-state index < -0.39 is 0 Å². The van der Waals surface area contributed by atoms with Crippen LogP contribution in [-0.2, 0) is 18.5 Å². The maximum atomic E-state index is 10.6. The van der Waals surface area contributed by atoms with E-state index in [1.54, 1.807) is 0 Å². The van der Waals surface area contributed by atoms with Crippen molar-refractivity contribution in [1.82, 2.24) is 4.57 Å². The van der Waals surface area contributed by atoms with Crippen LogP contribution in [0.25, 0.3) is 0 Å². The molecule has 2 atom stereocenters. The van der Waals surface area contributed by atoms with Gasteiger partial charge < -0.3 is 14.6 Å². The number of aromatic nitrogens is 1. The van der Waals surface area contributed by atoms with Gasteiger partial charge in [-0.25, -0.2) is 0 Å². The molecule has 3 rings (SSSR count). The van der Waals surface area contributed by atoms with Crippen LogP contribution < -0.4 is 4.90 Å². The molecule has 0 radical (unpaired) electrons. The Balaban J connectivity index is 1.69. The molecule has 1 saturated carbocycles. The minimum absolute atomic E-state index is 0.192. The molecule has 1 unspecified atom stereocenters. The van der Waals surface area contributed by atoms with E-state index in [2.05, 4.69) is 81.8 Å². The Hall–Kier alpha value is -1.58. The molecule has 1 fully saturated rings. The molecule has 0 bridgehead atoms. The van der Waals surface area contributed by atoms with E-state index in [9.17, 15) is 5.11 Å². The fourth-order valence-electron chi connectivity index (χ4n) is 4.89. The molecule has 0 amide bonds. The molecular weight excluding hydrogens is 380 g/mol. The first-order chi connectivity index (χ1) is 14.7. The highest BCUT2D eigenvalue weighted by Gasteiger charge is 2.24. The summed E-state index contributed by atoms with van der Waals surface area (Å²) in [4.78, 5) is 1.54. The maximum Gasteiger partial charge on any atom is 0.118 e. The number of nitrogens with zero attached hydrogens (tertiary/aromatic N) is 1. The number of quaternary nitrogens is 1. The van der Waals surface area contributed by atoms with Gasteiger partial charge in [0, 0.05) is 18.7 Å². The van der Waals surface area contributed by atoms with E-state index >= 15 is 0 Å². The van der Waals surface area contributed by atoms with Gasteiger partial charge in [-0.1, -0.05) is 78.1 Å². The van der Waals surface area contributed by atoms with Crippen molar-refractivity contribution in [2.45, 2.75) is 91.3 Å². The molecule has 0 spiro atoms. The van der Waals surface area contributed by atoms with Crippen molar-refractivity contribution in [3.8, 4) is 0 Å². The van der Waals surface area contributed by atoms with Crippen molar-refractivity contribution >= 4 is 0 Å². The predicted octanol–water partition coefficient (Wildman–Crippen LogP) is 4.82. The first kappa shape index (κ1) is 24.1. The summed E-state index contributed by atoms with van der Waals surface area (Å²) in [5.41, 5.74) is 4.30. The highest BCUT2D eigenvalue weighted by Crippen LogP contribution is 2.23. The second kappa shape index (κ2) is 10.8. The van der Waals surface area contributed by atoms with Crippen LogP contribution in [-0.4, -0.2) is 28.9 Å². The highest BCUT2D eigenvalue weighted by molar-refractivity contribution is 5.28. The Morgan fingerprint density at radius 3 is 2.32 bits per heavy atom. The summed E-state index contributed by atoms with van der Waals surface area (Å²) in [5.74, 6) is 1.13. The van der Waals surface area contributed by atoms with Gasteiger partial charge in [0.1, 0.15) is 19.2 Å². The molecule has 2 aromatic rings. The summed E-state index contributed by atoms with van der Waals surface area (Å²) < 4.78 is 2.40.